The van der Waals surface area contributed by atoms with Crippen LogP contribution in [-0.4, -0.2) is 98.8 Å². The van der Waals surface area contributed by atoms with Gasteiger partial charge in [-0.3, -0.25) is 4.79 Å². The van der Waals surface area contributed by atoms with Crippen LogP contribution >= 0.6 is 0 Å². The van der Waals surface area contributed by atoms with Gasteiger partial charge in [0.2, 0.25) is 22.7 Å². The molecule has 0 aromatic heterocycles. The zero-order valence-corrected chi connectivity index (χ0v) is 30.9. The number of aliphatic hydroxyl groups is 1. The van der Waals surface area contributed by atoms with E-state index in [1.54, 1.807) is 6.07 Å². The summed E-state index contributed by atoms with van der Waals surface area (Å²) in [5, 5.41) is 28.1. The largest absolute Gasteiger partial charge is 0.530 e. The number of aliphatic hydroxyl groups excluding tert-OH is 1. The quantitative estimate of drug-likeness (QED) is 0.217. The fourth-order valence-corrected chi connectivity index (χ4v) is 9.44. The number of fused-ring (bicyclic) bond motifs is 2. The first-order valence-electron chi connectivity index (χ1n) is 18.5. The van der Waals surface area contributed by atoms with E-state index in [1.165, 1.54) is 16.4 Å². The Morgan fingerprint density at radius 3 is 2.52 bits per heavy atom. The van der Waals surface area contributed by atoms with Gasteiger partial charge in [-0.2, -0.15) is 4.31 Å². The lowest BCUT2D eigenvalue weighted by molar-refractivity contribution is -0.273. The summed E-state index contributed by atoms with van der Waals surface area (Å²) in [6, 6.07) is 12.0. The molecular weight excluding hydrogens is 690 g/mol. The molecule has 2 saturated heterocycles. The van der Waals surface area contributed by atoms with E-state index in [9.17, 15) is 28.2 Å². The molecule has 2 amide bonds. The minimum absolute atomic E-state index is 0.0173. The first-order valence-corrected chi connectivity index (χ1v) is 20.0. The number of carbonyl (C=O) groups is 2. The molecule has 3 fully saturated rings. The van der Waals surface area contributed by atoms with Crippen LogP contribution < -0.4 is 19.9 Å². The Kier molecular flexibility index (Phi) is 12.3. The van der Waals surface area contributed by atoms with Gasteiger partial charge in [-0.1, -0.05) is 63.4 Å². The third-order valence-corrected chi connectivity index (χ3v) is 12.8. The monoisotopic (exact) mass is 742 g/mol. The highest BCUT2D eigenvalue weighted by molar-refractivity contribution is 7.89. The van der Waals surface area contributed by atoms with Crippen LogP contribution in [0.25, 0.3) is 0 Å². The second-order valence-electron chi connectivity index (χ2n) is 15.3. The van der Waals surface area contributed by atoms with Gasteiger partial charge in [0.15, 0.2) is 17.8 Å². The Hall–Kier alpha value is -3.43. The minimum Gasteiger partial charge on any atom is -0.530 e. The maximum Gasteiger partial charge on any atom is 0.243 e. The van der Waals surface area contributed by atoms with Crippen molar-refractivity contribution < 1.29 is 47.2 Å². The van der Waals surface area contributed by atoms with Gasteiger partial charge in [0.25, 0.3) is 0 Å². The molecule has 14 heteroatoms. The lowest BCUT2D eigenvalue weighted by Crippen LogP contribution is -2.61. The van der Waals surface area contributed by atoms with Crippen LogP contribution in [0, 0.1) is 17.3 Å². The predicted molar refractivity (Wildman–Crippen MR) is 189 cm³/mol. The number of nitrogens with zero attached hydrogens (tertiary/aromatic N) is 2. The van der Waals surface area contributed by atoms with Crippen molar-refractivity contribution in [3.8, 4) is 11.5 Å². The summed E-state index contributed by atoms with van der Waals surface area (Å²) in [5.41, 5.74) is 0.264. The molecular formula is C38H52N3O10S-. The van der Waals surface area contributed by atoms with Crippen molar-refractivity contribution in [2.75, 3.05) is 39.6 Å². The molecule has 0 bridgehead atoms. The van der Waals surface area contributed by atoms with Gasteiger partial charge in [0.05, 0.1) is 36.3 Å². The molecule has 4 aliphatic rings. The van der Waals surface area contributed by atoms with E-state index >= 15 is 0 Å². The van der Waals surface area contributed by atoms with Gasteiger partial charge in [0, 0.05) is 37.5 Å². The average Bonchev–Trinajstić information content (AvgIpc) is 3.84. The second kappa shape index (κ2) is 16.7. The summed E-state index contributed by atoms with van der Waals surface area (Å²) in [6.07, 6.45) is 3.51. The summed E-state index contributed by atoms with van der Waals surface area (Å²) in [7, 11) is -4.23. The highest BCUT2D eigenvalue weighted by atomic mass is 32.2. The lowest BCUT2D eigenvalue weighted by atomic mass is 9.85. The van der Waals surface area contributed by atoms with Crippen molar-refractivity contribution in [2.45, 2.75) is 101 Å². The first kappa shape index (κ1) is 38.3. The highest BCUT2D eigenvalue weighted by Crippen LogP contribution is 2.38. The predicted octanol–water partition coefficient (Wildman–Crippen LogP) is 3.29. The van der Waals surface area contributed by atoms with Crippen molar-refractivity contribution in [3.63, 3.8) is 0 Å². The topological polar surface area (TPSA) is 167 Å². The molecule has 3 heterocycles. The Bertz CT molecular complexity index is 1640. The molecule has 1 aliphatic carbocycles. The molecule has 2 aromatic carbocycles. The number of sulfonamides is 1. The normalized spacial score (nSPS) is 22.5. The van der Waals surface area contributed by atoms with E-state index in [-0.39, 0.29) is 55.5 Å². The zero-order chi connectivity index (χ0) is 36.9. The fourth-order valence-electron chi connectivity index (χ4n) is 7.77. The standard InChI is InChI=1S/C38H53N3O10S/c1-38(2,17-7-4-8-18-39-35(43)27-12-9-13-27)24-40(52(46,47)28-14-15-33-34(21-28)51-25-50-33)22-32(42)30(20-26-10-5-3-6-11-26)41(37(44)45)31-23-49-36-29(31)16-19-48-36/h3,5-6,10-11,14-15,21,27,29-32,36,42H,4,7-9,12-13,16-20,22-25H2,1-2H3,(H,39,43)(H,44,45)/p-1/t29-,30-,31-,32+,36+/m0/s1. The van der Waals surface area contributed by atoms with Crippen LogP contribution in [0.5, 0.6) is 11.5 Å². The van der Waals surface area contributed by atoms with Gasteiger partial charge in [0.1, 0.15) is 6.09 Å². The highest BCUT2D eigenvalue weighted by Gasteiger charge is 2.47. The third kappa shape index (κ3) is 9.02. The van der Waals surface area contributed by atoms with Gasteiger partial charge >= 0.3 is 0 Å². The molecule has 52 heavy (non-hydrogen) atoms. The summed E-state index contributed by atoms with van der Waals surface area (Å²) in [5.74, 6) is 0.801. The number of carbonyl (C=O) groups excluding carboxylic acids is 2. The Labute approximate surface area is 306 Å². The maximum absolute atomic E-state index is 14.5. The number of hydrogen-bond donors (Lipinski definition) is 2. The second-order valence-corrected chi connectivity index (χ2v) is 17.2. The van der Waals surface area contributed by atoms with Crippen LogP contribution in [0.4, 0.5) is 4.79 Å². The average molecular weight is 743 g/mol. The van der Waals surface area contributed by atoms with Crippen LogP contribution in [-0.2, 0) is 30.7 Å². The Morgan fingerprint density at radius 1 is 1.02 bits per heavy atom. The SMILES string of the molecule is CC(C)(CCCCCNC(=O)C1CCC1)CN(C[C@@H](O)[C@H](Cc1ccccc1)N(C(=O)[O-])[C@H]1CO[C@H]2OCC[C@H]21)S(=O)(=O)c1ccc2c(c1)OCO2. The van der Waals surface area contributed by atoms with Crippen LogP contribution in [0.2, 0.25) is 0 Å². The molecule has 0 spiro atoms. The molecule has 0 unspecified atom stereocenters. The number of rotatable bonds is 18. The first-order chi connectivity index (χ1) is 24.9. The van der Waals surface area contributed by atoms with E-state index in [4.69, 9.17) is 18.9 Å². The fraction of sp³-hybridized carbons (Fsp3) is 0.632. The number of amides is 2. The van der Waals surface area contributed by atoms with Gasteiger partial charge < -0.3 is 44.2 Å². The molecule has 2 N–H and O–H groups in total. The Balaban J connectivity index is 1.22. The Morgan fingerprint density at radius 2 is 1.79 bits per heavy atom. The zero-order valence-electron chi connectivity index (χ0n) is 30.1. The van der Waals surface area contributed by atoms with E-state index in [1.807, 2.05) is 44.2 Å². The molecule has 3 aliphatic heterocycles. The number of ether oxygens (including phenoxy) is 4. The molecule has 6 rings (SSSR count). The molecule has 13 nitrogen and oxygen atoms in total. The third-order valence-electron chi connectivity index (χ3n) is 10.9. The number of nitrogens with one attached hydrogen (secondary N) is 1. The molecule has 1 saturated carbocycles. The molecule has 5 atom stereocenters. The molecule has 2 aromatic rings. The summed E-state index contributed by atoms with van der Waals surface area (Å²) < 4.78 is 52.6. The van der Waals surface area contributed by atoms with Crippen LogP contribution in [0.1, 0.15) is 70.8 Å². The summed E-state index contributed by atoms with van der Waals surface area (Å²) >= 11 is 0. The van der Waals surface area contributed by atoms with Crippen molar-refractivity contribution >= 4 is 22.0 Å². The van der Waals surface area contributed by atoms with Crippen LogP contribution in [0.15, 0.2) is 53.4 Å². The number of hydrogen-bond acceptors (Lipinski definition) is 10. The summed E-state index contributed by atoms with van der Waals surface area (Å²) in [6.45, 7) is 4.79. The smallest absolute Gasteiger partial charge is 0.243 e. The van der Waals surface area contributed by atoms with Crippen molar-refractivity contribution in [1.82, 2.24) is 14.5 Å². The number of carboxylic acid groups (broad SMARTS) is 1. The van der Waals surface area contributed by atoms with Crippen LogP contribution in [0.3, 0.4) is 0 Å². The number of unbranched alkanes of at least 4 members (excludes halogenated alkanes) is 2. The minimum atomic E-state index is -4.23. The van der Waals surface area contributed by atoms with Crippen molar-refractivity contribution in [1.29, 1.82) is 0 Å². The maximum atomic E-state index is 14.5. The van der Waals surface area contributed by atoms with Gasteiger partial charge in [-0.05, 0) is 61.6 Å². The van der Waals surface area contributed by atoms with E-state index in [2.05, 4.69) is 5.32 Å². The van der Waals surface area contributed by atoms with E-state index in [0.717, 1.165) is 49.0 Å². The van der Waals surface area contributed by atoms with Gasteiger partial charge in [-0.25, -0.2) is 8.42 Å². The van der Waals surface area contributed by atoms with Crippen molar-refractivity contribution in [3.05, 3.63) is 54.1 Å². The molecule has 286 valence electrons. The number of benzene rings is 2. The van der Waals surface area contributed by atoms with E-state index < -0.39 is 46.0 Å². The van der Waals surface area contributed by atoms with Gasteiger partial charge in [-0.15, -0.1) is 0 Å². The van der Waals surface area contributed by atoms with Crippen molar-refractivity contribution in [2.24, 2.45) is 17.3 Å². The molecule has 0 radical (unpaired) electrons. The lowest BCUT2D eigenvalue weighted by Gasteiger charge is -2.43. The van der Waals surface area contributed by atoms with E-state index in [0.29, 0.717) is 37.5 Å². The summed E-state index contributed by atoms with van der Waals surface area (Å²) in [4.78, 5) is 26.3.